The standard InChI is InChI=1S/C27H29FN6O4/c1-5-24(36)32-9-8-21-16(2)25(31-33(21)11-10-32)18-12-22(26-23(37-4)14-30-34(26)15-18)38-27(17(3)35)20-7-6-19(28)13-29-20/h5-7,12-15,17,27,35H,1,8-11H2,2-4H3/t17-,27?/m1/s1. The summed E-state index contributed by atoms with van der Waals surface area (Å²) in [4.78, 5) is 18.0. The molecule has 0 fully saturated rings. The van der Waals surface area contributed by atoms with Crippen LogP contribution in [0, 0.1) is 12.7 Å². The topological polar surface area (TPSA) is 107 Å². The molecule has 4 aromatic rings. The van der Waals surface area contributed by atoms with Crippen LogP contribution in [-0.2, 0) is 17.8 Å². The molecular formula is C27H29FN6O4. The number of aliphatic hydroxyl groups is 1. The smallest absolute Gasteiger partial charge is 0.246 e. The van der Waals surface area contributed by atoms with E-state index < -0.39 is 18.0 Å². The molecule has 4 aromatic heterocycles. The molecule has 5 rings (SSSR count). The van der Waals surface area contributed by atoms with Crippen molar-refractivity contribution < 1.29 is 23.8 Å². The van der Waals surface area contributed by atoms with Gasteiger partial charge in [-0.3, -0.25) is 14.5 Å². The fourth-order valence-electron chi connectivity index (χ4n) is 4.80. The molecule has 38 heavy (non-hydrogen) atoms. The minimum absolute atomic E-state index is 0.0863. The van der Waals surface area contributed by atoms with Gasteiger partial charge in [-0.15, -0.1) is 0 Å². The Morgan fingerprint density at radius 1 is 1.24 bits per heavy atom. The zero-order valence-corrected chi connectivity index (χ0v) is 21.5. The van der Waals surface area contributed by atoms with Gasteiger partial charge in [0.15, 0.2) is 23.1 Å². The van der Waals surface area contributed by atoms with Crippen molar-refractivity contribution >= 4 is 11.4 Å². The third kappa shape index (κ3) is 4.60. The SMILES string of the molecule is C=CC(=O)N1CCc2c(C)c(-c3cc(OC(c4ccc(F)cn4)[C@@H](C)O)c4c(OC)cnn4c3)nn2CC1. The van der Waals surface area contributed by atoms with Gasteiger partial charge in [-0.1, -0.05) is 6.58 Å². The summed E-state index contributed by atoms with van der Waals surface area (Å²) in [6.07, 6.45) is 4.70. The van der Waals surface area contributed by atoms with Gasteiger partial charge in [0.25, 0.3) is 0 Å². The zero-order chi connectivity index (χ0) is 27.0. The number of nitrogens with zero attached hydrogens (tertiary/aromatic N) is 6. The Morgan fingerprint density at radius 2 is 2.05 bits per heavy atom. The molecule has 10 nitrogen and oxygen atoms in total. The van der Waals surface area contributed by atoms with Crippen molar-refractivity contribution in [2.24, 2.45) is 0 Å². The molecule has 1 aliphatic rings. The average Bonchev–Trinajstić information content (AvgIpc) is 3.39. The minimum atomic E-state index is -0.947. The lowest BCUT2D eigenvalue weighted by Gasteiger charge is -2.22. The van der Waals surface area contributed by atoms with Gasteiger partial charge in [0, 0.05) is 37.0 Å². The second-order valence-corrected chi connectivity index (χ2v) is 9.20. The summed E-state index contributed by atoms with van der Waals surface area (Å²) in [6.45, 7) is 8.88. The van der Waals surface area contributed by atoms with Crippen LogP contribution in [0.4, 0.5) is 4.39 Å². The maximum absolute atomic E-state index is 13.5. The number of aliphatic hydroxyl groups excluding tert-OH is 1. The first-order valence-electron chi connectivity index (χ1n) is 12.3. The Kier molecular flexibility index (Phi) is 6.85. The molecule has 2 atom stereocenters. The number of pyridine rings is 2. The van der Waals surface area contributed by atoms with Gasteiger partial charge in [-0.25, -0.2) is 8.91 Å². The number of fused-ring (bicyclic) bond motifs is 2. The van der Waals surface area contributed by atoms with Crippen molar-refractivity contribution in [2.75, 3.05) is 20.2 Å². The molecule has 1 amide bonds. The molecule has 0 aromatic carbocycles. The van der Waals surface area contributed by atoms with Gasteiger partial charge in [-0.05, 0) is 43.7 Å². The van der Waals surface area contributed by atoms with Crippen molar-refractivity contribution in [3.05, 3.63) is 72.2 Å². The summed E-state index contributed by atoms with van der Waals surface area (Å²) in [7, 11) is 1.54. The van der Waals surface area contributed by atoms with E-state index in [9.17, 15) is 14.3 Å². The van der Waals surface area contributed by atoms with Crippen LogP contribution in [0.1, 0.15) is 30.0 Å². The summed E-state index contributed by atoms with van der Waals surface area (Å²) in [5.41, 5.74) is 4.52. The number of ether oxygens (including phenoxy) is 2. The van der Waals surface area contributed by atoms with Crippen molar-refractivity contribution in [1.29, 1.82) is 0 Å². The Morgan fingerprint density at radius 3 is 2.74 bits per heavy atom. The Balaban J connectivity index is 1.56. The van der Waals surface area contributed by atoms with E-state index in [4.69, 9.17) is 14.6 Å². The number of halogens is 1. The lowest BCUT2D eigenvalue weighted by Crippen LogP contribution is -2.32. The molecule has 0 spiro atoms. The highest BCUT2D eigenvalue weighted by Gasteiger charge is 2.26. The Hall–Kier alpha value is -4.25. The summed E-state index contributed by atoms with van der Waals surface area (Å²) in [6, 6.07) is 4.59. The lowest BCUT2D eigenvalue weighted by atomic mass is 10.1. The fraction of sp³-hybridized carbons (Fsp3) is 0.333. The van der Waals surface area contributed by atoms with Gasteiger partial charge in [0.1, 0.15) is 5.82 Å². The van der Waals surface area contributed by atoms with E-state index in [1.54, 1.807) is 29.6 Å². The van der Waals surface area contributed by atoms with E-state index in [-0.39, 0.29) is 5.91 Å². The van der Waals surface area contributed by atoms with Crippen LogP contribution < -0.4 is 9.47 Å². The average molecular weight is 521 g/mol. The Labute approximate surface area is 218 Å². The molecule has 0 radical (unpaired) electrons. The van der Waals surface area contributed by atoms with E-state index in [2.05, 4.69) is 16.7 Å². The number of hydrogen-bond acceptors (Lipinski definition) is 7. The first kappa shape index (κ1) is 25.4. The molecule has 5 heterocycles. The zero-order valence-electron chi connectivity index (χ0n) is 21.5. The molecule has 198 valence electrons. The van der Waals surface area contributed by atoms with Crippen molar-refractivity contribution in [1.82, 2.24) is 29.3 Å². The van der Waals surface area contributed by atoms with Crippen LogP contribution in [-0.4, -0.2) is 66.6 Å². The first-order chi connectivity index (χ1) is 18.3. The monoisotopic (exact) mass is 520 g/mol. The van der Waals surface area contributed by atoms with Gasteiger partial charge in [-0.2, -0.15) is 10.2 Å². The molecular weight excluding hydrogens is 491 g/mol. The molecule has 0 bridgehead atoms. The number of hydrogen-bond donors (Lipinski definition) is 1. The highest BCUT2D eigenvalue weighted by Crippen LogP contribution is 2.37. The second kappa shape index (κ2) is 10.3. The maximum atomic E-state index is 13.5. The molecule has 0 saturated heterocycles. The van der Waals surface area contributed by atoms with E-state index in [0.717, 1.165) is 28.7 Å². The summed E-state index contributed by atoms with van der Waals surface area (Å²) in [5.74, 6) is 0.329. The van der Waals surface area contributed by atoms with Gasteiger partial charge in [0.2, 0.25) is 5.91 Å². The molecule has 0 aliphatic carbocycles. The third-order valence-electron chi connectivity index (χ3n) is 6.78. The van der Waals surface area contributed by atoms with E-state index in [0.29, 0.717) is 48.8 Å². The lowest BCUT2D eigenvalue weighted by molar-refractivity contribution is -0.126. The van der Waals surface area contributed by atoms with Gasteiger partial charge in [0.05, 0.1) is 43.5 Å². The predicted octanol–water partition coefficient (Wildman–Crippen LogP) is 3.12. The van der Waals surface area contributed by atoms with E-state index in [1.807, 2.05) is 23.9 Å². The van der Waals surface area contributed by atoms with Crippen LogP contribution in [0.15, 0.2) is 49.4 Å². The van der Waals surface area contributed by atoms with Gasteiger partial charge < -0.3 is 19.5 Å². The second-order valence-electron chi connectivity index (χ2n) is 9.20. The number of aromatic nitrogens is 5. The molecule has 11 heteroatoms. The van der Waals surface area contributed by atoms with Crippen LogP contribution in [0.2, 0.25) is 0 Å². The summed E-state index contributed by atoms with van der Waals surface area (Å²) < 4.78 is 28.9. The largest absolute Gasteiger partial charge is 0.493 e. The first-order valence-corrected chi connectivity index (χ1v) is 12.3. The van der Waals surface area contributed by atoms with E-state index >= 15 is 0 Å². The molecule has 1 unspecified atom stereocenters. The summed E-state index contributed by atoms with van der Waals surface area (Å²) >= 11 is 0. The summed E-state index contributed by atoms with van der Waals surface area (Å²) in [5, 5.41) is 19.8. The molecule has 1 N–H and O–H groups in total. The highest BCUT2D eigenvalue weighted by atomic mass is 19.1. The maximum Gasteiger partial charge on any atom is 0.246 e. The number of methoxy groups -OCH3 is 1. The number of carbonyl (C=O) groups excluding carboxylic acids is 1. The fourth-order valence-corrected chi connectivity index (χ4v) is 4.80. The third-order valence-corrected chi connectivity index (χ3v) is 6.78. The van der Waals surface area contributed by atoms with E-state index in [1.165, 1.54) is 18.2 Å². The van der Waals surface area contributed by atoms with Crippen LogP contribution in [0.3, 0.4) is 0 Å². The minimum Gasteiger partial charge on any atom is -0.493 e. The molecule has 0 saturated carbocycles. The number of amides is 1. The predicted molar refractivity (Wildman–Crippen MR) is 137 cm³/mol. The normalized spacial score (nSPS) is 15.0. The van der Waals surface area contributed by atoms with Gasteiger partial charge >= 0.3 is 0 Å². The van der Waals surface area contributed by atoms with Crippen LogP contribution in [0.25, 0.3) is 16.8 Å². The number of rotatable bonds is 7. The van der Waals surface area contributed by atoms with Crippen molar-refractivity contribution in [3.8, 4) is 22.8 Å². The van der Waals surface area contributed by atoms with Crippen LogP contribution in [0.5, 0.6) is 11.5 Å². The molecule has 1 aliphatic heterocycles. The van der Waals surface area contributed by atoms with Crippen molar-refractivity contribution in [2.45, 2.75) is 39.0 Å². The van der Waals surface area contributed by atoms with Crippen molar-refractivity contribution in [3.63, 3.8) is 0 Å². The number of carbonyl (C=O) groups is 1. The Bertz CT molecular complexity index is 1490. The quantitative estimate of drug-likeness (QED) is 0.373. The highest BCUT2D eigenvalue weighted by molar-refractivity contribution is 5.87. The van der Waals surface area contributed by atoms with Crippen LogP contribution >= 0.6 is 0 Å².